The van der Waals surface area contributed by atoms with Gasteiger partial charge in [0.05, 0.1) is 5.56 Å². The van der Waals surface area contributed by atoms with E-state index in [1.807, 2.05) is 6.07 Å². The van der Waals surface area contributed by atoms with Crippen LogP contribution in [-0.4, -0.2) is 12.5 Å². The number of hydrogen-bond donors (Lipinski definition) is 2. The van der Waals surface area contributed by atoms with Crippen molar-refractivity contribution in [2.45, 2.75) is 25.7 Å². The molecule has 0 bridgehead atoms. The highest BCUT2D eigenvalue weighted by Gasteiger charge is 2.17. The van der Waals surface area contributed by atoms with Crippen molar-refractivity contribution in [3.05, 3.63) is 28.2 Å². The number of halogens is 1. The van der Waals surface area contributed by atoms with Gasteiger partial charge in [-0.1, -0.05) is 28.8 Å². The molecule has 0 heterocycles. The lowest BCUT2D eigenvalue weighted by Gasteiger charge is -2.11. The van der Waals surface area contributed by atoms with E-state index in [0.29, 0.717) is 17.2 Å². The van der Waals surface area contributed by atoms with Crippen LogP contribution in [0.15, 0.2) is 22.7 Å². The number of benzene rings is 1. The predicted octanol–water partition coefficient (Wildman–Crippen LogP) is 2.95. The number of rotatable bonds is 3. The van der Waals surface area contributed by atoms with Gasteiger partial charge in [-0.05, 0) is 37.0 Å². The summed E-state index contributed by atoms with van der Waals surface area (Å²) in [5, 5.41) is 2.97. The van der Waals surface area contributed by atoms with Crippen molar-refractivity contribution < 1.29 is 4.79 Å². The van der Waals surface area contributed by atoms with Crippen molar-refractivity contribution in [2.24, 2.45) is 5.92 Å². The molecular formula is C13H17BrN2O. The Morgan fingerprint density at radius 2 is 2.12 bits per heavy atom. The molecule has 1 aliphatic rings. The van der Waals surface area contributed by atoms with E-state index in [0.717, 1.165) is 11.0 Å². The molecule has 0 aromatic heterocycles. The highest BCUT2D eigenvalue weighted by atomic mass is 79.9. The quantitative estimate of drug-likeness (QED) is 0.843. The zero-order valence-corrected chi connectivity index (χ0v) is 11.3. The molecule has 1 saturated carbocycles. The van der Waals surface area contributed by atoms with Gasteiger partial charge in [0.1, 0.15) is 0 Å². The number of hydrogen-bond acceptors (Lipinski definition) is 2. The highest BCUT2D eigenvalue weighted by molar-refractivity contribution is 9.10. The standard InChI is InChI=1S/C13H17BrN2O/c14-10-5-6-12(15)11(7-10)13(17)16-8-9-3-1-2-4-9/h5-7,9H,1-4,8,15H2,(H,16,17). The molecule has 92 valence electrons. The normalized spacial score (nSPS) is 16.1. The molecule has 17 heavy (non-hydrogen) atoms. The SMILES string of the molecule is Nc1ccc(Br)cc1C(=O)NCC1CCCC1. The summed E-state index contributed by atoms with van der Waals surface area (Å²) in [7, 11) is 0. The summed E-state index contributed by atoms with van der Waals surface area (Å²) in [6, 6.07) is 5.34. The summed E-state index contributed by atoms with van der Waals surface area (Å²) in [4.78, 5) is 12.0. The van der Waals surface area contributed by atoms with Crippen molar-refractivity contribution in [1.82, 2.24) is 5.32 Å². The van der Waals surface area contributed by atoms with Gasteiger partial charge in [-0.15, -0.1) is 0 Å². The van der Waals surface area contributed by atoms with Gasteiger partial charge < -0.3 is 11.1 Å². The average Bonchev–Trinajstić information content (AvgIpc) is 2.82. The maximum absolute atomic E-state index is 12.0. The van der Waals surface area contributed by atoms with Gasteiger partial charge in [-0.25, -0.2) is 0 Å². The zero-order valence-electron chi connectivity index (χ0n) is 9.71. The first-order valence-electron chi connectivity index (χ1n) is 6.00. The Bertz CT molecular complexity index is 414. The van der Waals surface area contributed by atoms with Crippen molar-refractivity contribution in [3.8, 4) is 0 Å². The Balaban J connectivity index is 1.96. The molecule has 1 fully saturated rings. The van der Waals surface area contributed by atoms with Gasteiger partial charge in [0.25, 0.3) is 5.91 Å². The van der Waals surface area contributed by atoms with Crippen LogP contribution in [0.5, 0.6) is 0 Å². The van der Waals surface area contributed by atoms with E-state index in [1.165, 1.54) is 25.7 Å². The fraction of sp³-hybridized carbons (Fsp3) is 0.462. The van der Waals surface area contributed by atoms with Gasteiger partial charge in [0.15, 0.2) is 0 Å². The molecule has 1 aromatic rings. The molecule has 0 radical (unpaired) electrons. The fourth-order valence-corrected chi connectivity index (χ4v) is 2.63. The molecule has 2 rings (SSSR count). The van der Waals surface area contributed by atoms with E-state index < -0.39 is 0 Å². The minimum absolute atomic E-state index is 0.0734. The second kappa shape index (κ2) is 5.54. The Morgan fingerprint density at radius 3 is 2.82 bits per heavy atom. The van der Waals surface area contributed by atoms with Crippen LogP contribution in [0.25, 0.3) is 0 Å². The highest BCUT2D eigenvalue weighted by Crippen LogP contribution is 2.24. The Morgan fingerprint density at radius 1 is 1.41 bits per heavy atom. The van der Waals surface area contributed by atoms with E-state index in [4.69, 9.17) is 5.73 Å². The lowest BCUT2D eigenvalue weighted by Crippen LogP contribution is -2.28. The molecule has 0 saturated heterocycles. The molecule has 1 aliphatic carbocycles. The van der Waals surface area contributed by atoms with Crippen molar-refractivity contribution >= 4 is 27.5 Å². The van der Waals surface area contributed by atoms with E-state index >= 15 is 0 Å². The second-order valence-corrected chi connectivity index (χ2v) is 5.51. The maximum Gasteiger partial charge on any atom is 0.253 e. The molecule has 0 aliphatic heterocycles. The summed E-state index contributed by atoms with van der Waals surface area (Å²) in [5.74, 6) is 0.572. The van der Waals surface area contributed by atoms with E-state index in [2.05, 4.69) is 21.2 Å². The van der Waals surface area contributed by atoms with Crippen LogP contribution in [0.1, 0.15) is 36.0 Å². The van der Waals surface area contributed by atoms with Gasteiger partial charge in [0.2, 0.25) is 0 Å². The molecule has 1 amide bonds. The van der Waals surface area contributed by atoms with E-state index in [-0.39, 0.29) is 5.91 Å². The van der Waals surface area contributed by atoms with Crippen molar-refractivity contribution in [1.29, 1.82) is 0 Å². The van der Waals surface area contributed by atoms with Crippen LogP contribution >= 0.6 is 15.9 Å². The van der Waals surface area contributed by atoms with Gasteiger partial charge in [0, 0.05) is 16.7 Å². The molecule has 0 unspecified atom stereocenters. The third-order valence-corrected chi connectivity index (χ3v) is 3.78. The summed E-state index contributed by atoms with van der Waals surface area (Å²) in [6.07, 6.45) is 5.04. The first-order valence-corrected chi connectivity index (χ1v) is 6.79. The van der Waals surface area contributed by atoms with E-state index in [1.54, 1.807) is 12.1 Å². The van der Waals surface area contributed by atoms with Crippen LogP contribution in [0.3, 0.4) is 0 Å². The number of carbonyl (C=O) groups is 1. The average molecular weight is 297 g/mol. The van der Waals surface area contributed by atoms with Crippen LogP contribution < -0.4 is 11.1 Å². The minimum Gasteiger partial charge on any atom is -0.398 e. The largest absolute Gasteiger partial charge is 0.398 e. The number of nitrogen functional groups attached to an aromatic ring is 1. The van der Waals surface area contributed by atoms with Crippen molar-refractivity contribution in [3.63, 3.8) is 0 Å². The number of carbonyl (C=O) groups excluding carboxylic acids is 1. The minimum atomic E-state index is -0.0734. The monoisotopic (exact) mass is 296 g/mol. The Labute approximate surface area is 110 Å². The zero-order chi connectivity index (χ0) is 12.3. The molecule has 0 spiro atoms. The van der Waals surface area contributed by atoms with Crippen molar-refractivity contribution in [2.75, 3.05) is 12.3 Å². The number of nitrogens with two attached hydrogens (primary N) is 1. The van der Waals surface area contributed by atoms with Crippen LogP contribution in [0.4, 0.5) is 5.69 Å². The van der Waals surface area contributed by atoms with Crippen LogP contribution in [-0.2, 0) is 0 Å². The fourth-order valence-electron chi connectivity index (χ4n) is 2.27. The van der Waals surface area contributed by atoms with Crippen LogP contribution in [0.2, 0.25) is 0 Å². The first-order chi connectivity index (χ1) is 8.16. The summed E-state index contributed by atoms with van der Waals surface area (Å²) < 4.78 is 0.873. The summed E-state index contributed by atoms with van der Waals surface area (Å²) >= 11 is 3.35. The van der Waals surface area contributed by atoms with Gasteiger partial charge in [-0.3, -0.25) is 4.79 Å². The predicted molar refractivity (Wildman–Crippen MR) is 72.8 cm³/mol. The Kier molecular flexibility index (Phi) is 4.05. The smallest absolute Gasteiger partial charge is 0.253 e. The van der Waals surface area contributed by atoms with E-state index in [9.17, 15) is 4.79 Å². The molecule has 3 N–H and O–H groups in total. The number of nitrogens with one attached hydrogen (secondary N) is 1. The second-order valence-electron chi connectivity index (χ2n) is 4.59. The summed E-state index contributed by atoms with van der Waals surface area (Å²) in [6.45, 7) is 0.769. The Hall–Kier alpha value is -1.03. The molecule has 1 aromatic carbocycles. The third kappa shape index (κ3) is 3.22. The number of amides is 1. The first kappa shape index (κ1) is 12.4. The topological polar surface area (TPSA) is 55.1 Å². The molecule has 3 nitrogen and oxygen atoms in total. The van der Waals surface area contributed by atoms with Crippen LogP contribution in [0, 0.1) is 5.92 Å². The number of anilines is 1. The molecule has 0 atom stereocenters. The summed E-state index contributed by atoms with van der Waals surface area (Å²) in [5.41, 5.74) is 6.87. The lowest BCUT2D eigenvalue weighted by atomic mass is 10.1. The van der Waals surface area contributed by atoms with Gasteiger partial charge >= 0.3 is 0 Å². The van der Waals surface area contributed by atoms with Gasteiger partial charge in [-0.2, -0.15) is 0 Å². The molecule has 4 heteroatoms. The third-order valence-electron chi connectivity index (χ3n) is 3.29. The maximum atomic E-state index is 12.0. The molecular weight excluding hydrogens is 280 g/mol. The lowest BCUT2D eigenvalue weighted by molar-refractivity contribution is 0.0948.